The van der Waals surface area contributed by atoms with Crippen molar-refractivity contribution in [3.05, 3.63) is 42.5 Å². The lowest BCUT2D eigenvalue weighted by molar-refractivity contribution is 0.424. The van der Waals surface area contributed by atoms with Gasteiger partial charge in [-0.2, -0.15) is 4.98 Å². The number of phenols is 1. The van der Waals surface area contributed by atoms with Gasteiger partial charge in [-0.3, -0.25) is 0 Å². The summed E-state index contributed by atoms with van der Waals surface area (Å²) in [6.07, 6.45) is 3.10. The van der Waals surface area contributed by atoms with Crippen LogP contribution in [-0.2, 0) is 0 Å². The summed E-state index contributed by atoms with van der Waals surface area (Å²) in [5, 5.41) is 13.3. The molecule has 19 heavy (non-hydrogen) atoms. The summed E-state index contributed by atoms with van der Waals surface area (Å²) in [6.45, 7) is 0. The molecule has 1 aromatic carbocycles. The Balaban J connectivity index is 2.02. The third-order valence-corrected chi connectivity index (χ3v) is 2.38. The molecule has 2 aromatic heterocycles. The number of benzene rings is 1. The van der Waals surface area contributed by atoms with Crippen molar-refractivity contribution in [3.8, 4) is 28.9 Å². The van der Waals surface area contributed by atoms with Gasteiger partial charge in [0.05, 0.1) is 5.56 Å². The zero-order valence-electron chi connectivity index (χ0n) is 9.49. The Labute approximate surface area is 106 Å². The van der Waals surface area contributed by atoms with E-state index in [0.717, 1.165) is 6.07 Å². The summed E-state index contributed by atoms with van der Waals surface area (Å²) in [6, 6.07) is 5.18. The first kappa shape index (κ1) is 11.3. The Hall–Kier alpha value is -2.83. The predicted molar refractivity (Wildman–Crippen MR) is 62.4 cm³/mol. The monoisotopic (exact) mass is 258 g/mol. The molecule has 0 aliphatic rings. The zero-order valence-corrected chi connectivity index (χ0v) is 9.49. The van der Waals surface area contributed by atoms with E-state index in [-0.39, 0.29) is 23.0 Å². The van der Waals surface area contributed by atoms with E-state index in [9.17, 15) is 9.50 Å². The number of aromatic hydroxyl groups is 1. The van der Waals surface area contributed by atoms with Crippen molar-refractivity contribution in [1.29, 1.82) is 0 Å². The van der Waals surface area contributed by atoms with Gasteiger partial charge in [-0.25, -0.2) is 14.4 Å². The van der Waals surface area contributed by atoms with Gasteiger partial charge in [-0.05, 0) is 18.2 Å². The molecule has 0 bridgehead atoms. The molecule has 3 aromatic rings. The Kier molecular flexibility index (Phi) is 2.64. The number of hydrogen-bond donors (Lipinski definition) is 1. The number of rotatable bonds is 2. The molecule has 2 heterocycles. The normalized spacial score (nSPS) is 10.6. The van der Waals surface area contributed by atoms with Crippen LogP contribution in [0.2, 0.25) is 0 Å². The van der Waals surface area contributed by atoms with Gasteiger partial charge in [0.2, 0.25) is 11.6 Å². The lowest BCUT2D eigenvalue weighted by Gasteiger charge is -1.98. The zero-order chi connectivity index (χ0) is 13.2. The van der Waals surface area contributed by atoms with Gasteiger partial charge in [-0.15, -0.1) is 0 Å². The first-order valence-electron chi connectivity index (χ1n) is 5.34. The second kappa shape index (κ2) is 4.45. The van der Waals surface area contributed by atoms with Crippen LogP contribution in [0.4, 0.5) is 4.39 Å². The van der Waals surface area contributed by atoms with Crippen molar-refractivity contribution in [3.63, 3.8) is 0 Å². The Morgan fingerprint density at radius 3 is 2.63 bits per heavy atom. The van der Waals surface area contributed by atoms with Gasteiger partial charge >= 0.3 is 0 Å². The van der Waals surface area contributed by atoms with Crippen LogP contribution in [0.5, 0.6) is 5.75 Å². The molecule has 3 rings (SSSR count). The summed E-state index contributed by atoms with van der Waals surface area (Å²) in [5.74, 6) is -0.255. The average molecular weight is 258 g/mol. The van der Waals surface area contributed by atoms with E-state index in [0.29, 0.717) is 5.82 Å². The molecule has 0 atom stereocenters. The Bertz CT molecular complexity index is 715. The van der Waals surface area contributed by atoms with Gasteiger partial charge in [-0.1, -0.05) is 5.16 Å². The van der Waals surface area contributed by atoms with E-state index in [4.69, 9.17) is 4.52 Å². The molecule has 94 valence electrons. The van der Waals surface area contributed by atoms with Crippen LogP contribution >= 0.6 is 0 Å². The second-order valence-electron chi connectivity index (χ2n) is 3.66. The topological polar surface area (TPSA) is 84.9 Å². The molecule has 0 fully saturated rings. The maximum Gasteiger partial charge on any atom is 0.262 e. The van der Waals surface area contributed by atoms with E-state index < -0.39 is 5.82 Å². The Morgan fingerprint density at radius 1 is 1.11 bits per heavy atom. The Morgan fingerprint density at radius 2 is 1.89 bits per heavy atom. The van der Waals surface area contributed by atoms with Crippen LogP contribution in [0.25, 0.3) is 23.1 Å². The van der Waals surface area contributed by atoms with E-state index in [1.165, 1.54) is 12.1 Å². The summed E-state index contributed by atoms with van der Waals surface area (Å²) >= 11 is 0. The lowest BCUT2D eigenvalue weighted by atomic mass is 10.2. The van der Waals surface area contributed by atoms with Crippen molar-refractivity contribution in [2.24, 2.45) is 0 Å². The molecule has 0 spiro atoms. The molecular weight excluding hydrogens is 251 g/mol. The predicted octanol–water partition coefficient (Wildman–Crippen LogP) is 2.04. The van der Waals surface area contributed by atoms with Crippen LogP contribution < -0.4 is 0 Å². The number of phenolic OH excluding ortho intramolecular Hbond substituents is 1. The van der Waals surface area contributed by atoms with Gasteiger partial charge in [0.1, 0.15) is 11.6 Å². The number of aromatic nitrogens is 4. The third kappa shape index (κ3) is 2.13. The molecular formula is C12H7FN4O2. The maximum absolute atomic E-state index is 12.9. The summed E-state index contributed by atoms with van der Waals surface area (Å²) < 4.78 is 17.9. The lowest BCUT2D eigenvalue weighted by Crippen LogP contribution is -1.88. The van der Waals surface area contributed by atoms with Crippen molar-refractivity contribution >= 4 is 0 Å². The fraction of sp³-hybridized carbons (Fsp3) is 0. The molecule has 0 aliphatic heterocycles. The molecule has 6 nitrogen and oxygen atoms in total. The van der Waals surface area contributed by atoms with Crippen molar-refractivity contribution in [2.45, 2.75) is 0 Å². The highest BCUT2D eigenvalue weighted by atomic mass is 19.1. The SMILES string of the molecule is Oc1cc(F)ccc1-c1nc(-c2ncccn2)no1. The quantitative estimate of drug-likeness (QED) is 0.757. The molecule has 0 saturated carbocycles. The minimum absolute atomic E-state index is 0.0694. The van der Waals surface area contributed by atoms with Gasteiger partial charge in [0, 0.05) is 18.5 Å². The molecule has 0 saturated heterocycles. The molecule has 0 unspecified atom stereocenters. The first-order chi connectivity index (χ1) is 9.24. The largest absolute Gasteiger partial charge is 0.507 e. The van der Waals surface area contributed by atoms with Crippen LogP contribution in [0, 0.1) is 5.82 Å². The van der Waals surface area contributed by atoms with Crippen LogP contribution in [0.15, 0.2) is 41.2 Å². The number of halogens is 1. The second-order valence-corrected chi connectivity index (χ2v) is 3.66. The van der Waals surface area contributed by atoms with E-state index in [1.54, 1.807) is 18.5 Å². The van der Waals surface area contributed by atoms with Crippen molar-refractivity contribution in [1.82, 2.24) is 20.1 Å². The van der Waals surface area contributed by atoms with Crippen LogP contribution in [0.1, 0.15) is 0 Å². The summed E-state index contributed by atoms with van der Waals surface area (Å²) in [5.41, 5.74) is 0.246. The van der Waals surface area contributed by atoms with Crippen LogP contribution in [-0.4, -0.2) is 25.2 Å². The van der Waals surface area contributed by atoms with E-state index in [1.807, 2.05) is 0 Å². The van der Waals surface area contributed by atoms with Gasteiger partial charge < -0.3 is 9.63 Å². The number of hydrogen-bond acceptors (Lipinski definition) is 6. The van der Waals surface area contributed by atoms with Crippen molar-refractivity contribution in [2.75, 3.05) is 0 Å². The standard InChI is InChI=1S/C12H7FN4O2/c13-7-2-3-8(9(18)6-7)12-16-11(17-19-12)10-14-4-1-5-15-10/h1-6,18H. The molecule has 0 aliphatic carbocycles. The fourth-order valence-electron chi connectivity index (χ4n) is 1.52. The fourth-order valence-corrected chi connectivity index (χ4v) is 1.52. The van der Waals surface area contributed by atoms with Crippen molar-refractivity contribution < 1.29 is 14.0 Å². The van der Waals surface area contributed by atoms with Gasteiger partial charge in [0.25, 0.3) is 5.89 Å². The van der Waals surface area contributed by atoms with E-state index >= 15 is 0 Å². The minimum atomic E-state index is -0.549. The highest BCUT2D eigenvalue weighted by Gasteiger charge is 2.15. The van der Waals surface area contributed by atoms with Crippen LogP contribution in [0.3, 0.4) is 0 Å². The number of nitrogens with zero attached hydrogens (tertiary/aromatic N) is 4. The first-order valence-corrected chi connectivity index (χ1v) is 5.34. The minimum Gasteiger partial charge on any atom is -0.507 e. The summed E-state index contributed by atoms with van der Waals surface area (Å²) in [4.78, 5) is 12.0. The summed E-state index contributed by atoms with van der Waals surface area (Å²) in [7, 11) is 0. The molecule has 0 radical (unpaired) electrons. The molecule has 1 N–H and O–H groups in total. The van der Waals surface area contributed by atoms with Gasteiger partial charge in [0.15, 0.2) is 0 Å². The highest BCUT2D eigenvalue weighted by molar-refractivity contribution is 5.63. The highest BCUT2D eigenvalue weighted by Crippen LogP contribution is 2.29. The average Bonchev–Trinajstić information content (AvgIpc) is 2.89. The smallest absolute Gasteiger partial charge is 0.262 e. The third-order valence-electron chi connectivity index (χ3n) is 2.38. The molecule has 0 amide bonds. The van der Waals surface area contributed by atoms with E-state index in [2.05, 4.69) is 20.1 Å². The molecule has 7 heteroatoms. The maximum atomic E-state index is 12.9.